The summed E-state index contributed by atoms with van der Waals surface area (Å²) < 4.78 is 3.58. The summed E-state index contributed by atoms with van der Waals surface area (Å²) in [5.74, 6) is 0.715. The van der Waals surface area contributed by atoms with Crippen LogP contribution in [0, 0.1) is 0 Å². The van der Waals surface area contributed by atoms with Gasteiger partial charge in [-0.1, -0.05) is 18.5 Å². The molecular formula is C11H15ClN4O. The third kappa shape index (κ3) is 2.50. The molecule has 2 rings (SSSR count). The fourth-order valence-electron chi connectivity index (χ4n) is 1.67. The van der Waals surface area contributed by atoms with Crippen molar-refractivity contribution in [3.05, 3.63) is 23.6 Å². The van der Waals surface area contributed by atoms with E-state index in [1.54, 1.807) is 4.68 Å². The lowest BCUT2D eigenvalue weighted by molar-refractivity contribution is 0.145. The minimum atomic E-state index is -0.411. The van der Waals surface area contributed by atoms with Crippen LogP contribution in [0.1, 0.15) is 13.3 Å². The van der Waals surface area contributed by atoms with Gasteiger partial charge in [-0.25, -0.2) is 9.67 Å². The minimum absolute atomic E-state index is 0.411. The average molecular weight is 255 g/mol. The van der Waals surface area contributed by atoms with Crippen LogP contribution in [0.2, 0.25) is 5.02 Å². The Kier molecular flexibility index (Phi) is 3.49. The lowest BCUT2D eigenvalue weighted by Crippen LogP contribution is -2.17. The Morgan fingerprint density at radius 3 is 2.88 bits per heavy atom. The van der Waals surface area contributed by atoms with Gasteiger partial charge in [0, 0.05) is 13.2 Å². The van der Waals surface area contributed by atoms with Crippen molar-refractivity contribution in [1.29, 1.82) is 0 Å². The molecule has 0 aromatic carbocycles. The SMILES string of the molecule is CC[C@@H](O)Cn1ncnc1-c1cc(Cl)cn1C. The average Bonchev–Trinajstić information content (AvgIpc) is 2.85. The summed E-state index contributed by atoms with van der Waals surface area (Å²) in [5, 5.41) is 14.4. The molecule has 2 heterocycles. The first-order chi connectivity index (χ1) is 8.11. The van der Waals surface area contributed by atoms with Gasteiger partial charge < -0.3 is 9.67 Å². The fraction of sp³-hybridized carbons (Fsp3) is 0.455. The molecule has 6 heteroatoms. The number of hydrogen-bond donors (Lipinski definition) is 1. The second kappa shape index (κ2) is 4.89. The predicted molar refractivity (Wildman–Crippen MR) is 65.7 cm³/mol. The molecule has 0 unspecified atom stereocenters. The van der Waals surface area contributed by atoms with Gasteiger partial charge in [-0.15, -0.1) is 0 Å². The van der Waals surface area contributed by atoms with E-state index >= 15 is 0 Å². The van der Waals surface area contributed by atoms with Gasteiger partial charge in [-0.2, -0.15) is 5.10 Å². The summed E-state index contributed by atoms with van der Waals surface area (Å²) in [6.45, 7) is 2.37. The Hall–Kier alpha value is -1.33. The van der Waals surface area contributed by atoms with Gasteiger partial charge in [-0.05, 0) is 12.5 Å². The summed E-state index contributed by atoms with van der Waals surface area (Å²) in [5.41, 5.74) is 0.885. The van der Waals surface area contributed by atoms with Crippen LogP contribution in [-0.4, -0.2) is 30.5 Å². The van der Waals surface area contributed by atoms with Gasteiger partial charge in [0.2, 0.25) is 0 Å². The third-order valence-corrected chi connectivity index (χ3v) is 2.88. The van der Waals surface area contributed by atoms with Crippen LogP contribution in [0.5, 0.6) is 0 Å². The molecule has 1 atom stereocenters. The van der Waals surface area contributed by atoms with Gasteiger partial charge in [0.05, 0.1) is 23.4 Å². The van der Waals surface area contributed by atoms with E-state index in [4.69, 9.17) is 11.6 Å². The molecule has 17 heavy (non-hydrogen) atoms. The number of aryl methyl sites for hydroxylation is 1. The third-order valence-electron chi connectivity index (χ3n) is 2.67. The molecule has 0 bridgehead atoms. The van der Waals surface area contributed by atoms with E-state index in [1.807, 2.05) is 30.8 Å². The Balaban J connectivity index is 2.33. The van der Waals surface area contributed by atoms with Crippen LogP contribution in [-0.2, 0) is 13.6 Å². The van der Waals surface area contributed by atoms with Crippen LogP contribution in [0.15, 0.2) is 18.6 Å². The maximum atomic E-state index is 9.65. The van der Waals surface area contributed by atoms with Crippen molar-refractivity contribution in [3.63, 3.8) is 0 Å². The number of aliphatic hydroxyl groups is 1. The Bertz CT molecular complexity index is 505. The lowest BCUT2D eigenvalue weighted by atomic mass is 10.3. The molecule has 92 valence electrons. The Morgan fingerprint density at radius 2 is 2.29 bits per heavy atom. The molecule has 0 saturated carbocycles. The maximum absolute atomic E-state index is 9.65. The van der Waals surface area contributed by atoms with Gasteiger partial charge in [0.15, 0.2) is 5.82 Å². The molecular weight excluding hydrogens is 240 g/mol. The fourth-order valence-corrected chi connectivity index (χ4v) is 1.92. The second-order valence-electron chi connectivity index (χ2n) is 3.98. The maximum Gasteiger partial charge on any atom is 0.174 e. The van der Waals surface area contributed by atoms with Crippen molar-refractivity contribution in [2.45, 2.75) is 26.0 Å². The zero-order chi connectivity index (χ0) is 12.4. The number of nitrogens with zero attached hydrogens (tertiary/aromatic N) is 4. The topological polar surface area (TPSA) is 55.9 Å². The normalized spacial score (nSPS) is 12.9. The molecule has 0 saturated heterocycles. The standard InChI is InChI=1S/C11H15ClN4O/c1-3-9(17)6-16-11(13-7-14-16)10-4-8(12)5-15(10)2/h4-5,7,9,17H,3,6H2,1-2H3/t9-/m1/s1. The zero-order valence-corrected chi connectivity index (χ0v) is 10.6. The molecule has 0 fully saturated rings. The van der Waals surface area contributed by atoms with Crippen LogP contribution in [0.3, 0.4) is 0 Å². The molecule has 0 aliphatic rings. The van der Waals surface area contributed by atoms with E-state index in [-0.39, 0.29) is 0 Å². The molecule has 2 aromatic heterocycles. The summed E-state index contributed by atoms with van der Waals surface area (Å²) in [7, 11) is 1.90. The van der Waals surface area contributed by atoms with Crippen molar-refractivity contribution in [2.75, 3.05) is 0 Å². The molecule has 2 aromatic rings. The Labute approximate surface area is 105 Å². The molecule has 0 spiro atoms. The van der Waals surface area contributed by atoms with Crippen molar-refractivity contribution in [1.82, 2.24) is 19.3 Å². The first-order valence-electron chi connectivity index (χ1n) is 5.50. The van der Waals surface area contributed by atoms with Crippen LogP contribution in [0.25, 0.3) is 11.5 Å². The van der Waals surface area contributed by atoms with Crippen LogP contribution in [0.4, 0.5) is 0 Å². The van der Waals surface area contributed by atoms with Crippen LogP contribution < -0.4 is 0 Å². The second-order valence-corrected chi connectivity index (χ2v) is 4.42. The van der Waals surface area contributed by atoms with Gasteiger partial charge in [-0.3, -0.25) is 0 Å². The predicted octanol–water partition coefficient (Wildman–Crippen LogP) is 1.71. The van der Waals surface area contributed by atoms with Crippen molar-refractivity contribution in [3.8, 4) is 11.5 Å². The number of aliphatic hydroxyl groups excluding tert-OH is 1. The van der Waals surface area contributed by atoms with Crippen molar-refractivity contribution in [2.24, 2.45) is 7.05 Å². The number of aromatic nitrogens is 4. The highest BCUT2D eigenvalue weighted by atomic mass is 35.5. The highest BCUT2D eigenvalue weighted by Crippen LogP contribution is 2.22. The molecule has 1 N–H and O–H groups in total. The molecule has 0 amide bonds. The smallest absolute Gasteiger partial charge is 0.174 e. The van der Waals surface area contributed by atoms with Gasteiger partial charge in [0.25, 0.3) is 0 Å². The van der Waals surface area contributed by atoms with E-state index in [2.05, 4.69) is 10.1 Å². The minimum Gasteiger partial charge on any atom is -0.391 e. The van der Waals surface area contributed by atoms with Gasteiger partial charge >= 0.3 is 0 Å². The Morgan fingerprint density at radius 1 is 1.53 bits per heavy atom. The molecule has 0 aliphatic heterocycles. The highest BCUT2D eigenvalue weighted by Gasteiger charge is 2.13. The van der Waals surface area contributed by atoms with Crippen molar-refractivity contribution < 1.29 is 5.11 Å². The van der Waals surface area contributed by atoms with E-state index in [0.717, 1.165) is 5.69 Å². The van der Waals surface area contributed by atoms with E-state index in [1.165, 1.54) is 6.33 Å². The van der Waals surface area contributed by atoms with Gasteiger partial charge in [0.1, 0.15) is 6.33 Å². The lowest BCUT2D eigenvalue weighted by Gasteiger charge is -2.10. The molecule has 5 nitrogen and oxygen atoms in total. The molecule has 0 aliphatic carbocycles. The zero-order valence-electron chi connectivity index (χ0n) is 9.84. The summed E-state index contributed by atoms with van der Waals surface area (Å²) >= 11 is 5.94. The van der Waals surface area contributed by atoms with E-state index < -0.39 is 6.10 Å². The van der Waals surface area contributed by atoms with Crippen LogP contribution >= 0.6 is 11.6 Å². The monoisotopic (exact) mass is 254 g/mol. The highest BCUT2D eigenvalue weighted by molar-refractivity contribution is 6.30. The summed E-state index contributed by atoms with van der Waals surface area (Å²) in [6.07, 6.45) is 3.57. The van der Waals surface area contributed by atoms with E-state index in [0.29, 0.717) is 23.8 Å². The van der Waals surface area contributed by atoms with E-state index in [9.17, 15) is 5.11 Å². The quantitative estimate of drug-likeness (QED) is 0.904. The summed E-state index contributed by atoms with van der Waals surface area (Å²) in [6, 6.07) is 1.83. The van der Waals surface area contributed by atoms with Crippen molar-refractivity contribution >= 4 is 11.6 Å². The first kappa shape index (κ1) is 12.1. The summed E-state index contributed by atoms with van der Waals surface area (Å²) in [4.78, 5) is 4.21. The largest absolute Gasteiger partial charge is 0.391 e. The first-order valence-corrected chi connectivity index (χ1v) is 5.87. The number of halogens is 1. The number of rotatable bonds is 4. The molecule has 0 radical (unpaired) electrons. The number of hydrogen-bond acceptors (Lipinski definition) is 3.